The maximum Gasteiger partial charge on any atom is 0.416 e. The highest BCUT2D eigenvalue weighted by Crippen LogP contribution is 1.89. The zero-order valence-electron chi connectivity index (χ0n) is 6.70. The topological polar surface area (TPSA) is 85.7 Å². The van der Waals surface area contributed by atoms with E-state index in [9.17, 15) is 4.79 Å². The van der Waals surface area contributed by atoms with Gasteiger partial charge >= 0.3 is 6.09 Å². The van der Waals surface area contributed by atoms with Crippen LogP contribution in [0.25, 0.3) is 0 Å². The predicted octanol–water partition coefficient (Wildman–Crippen LogP) is 0.154. The minimum atomic E-state index is -0.735. The first-order valence-electron chi connectivity index (χ1n) is 3.13. The van der Waals surface area contributed by atoms with Crippen LogP contribution in [-0.2, 0) is 4.74 Å². The van der Waals surface area contributed by atoms with Crippen molar-refractivity contribution in [3.63, 3.8) is 0 Å². The lowest BCUT2D eigenvalue weighted by Crippen LogP contribution is -2.40. The normalized spacial score (nSPS) is 8.50. The highest BCUT2D eigenvalue weighted by molar-refractivity contribution is 5.91. The van der Waals surface area contributed by atoms with E-state index in [0.717, 1.165) is 4.90 Å². The van der Waals surface area contributed by atoms with Gasteiger partial charge in [0.15, 0.2) is 0 Å². The highest BCUT2D eigenvalue weighted by Gasteiger charge is 2.12. The molecule has 0 saturated carbocycles. The minimum Gasteiger partial charge on any atom is -0.445 e. The molecule has 0 rings (SSSR count). The monoisotopic (exact) mass is 173 g/mol. The van der Waals surface area contributed by atoms with Crippen molar-refractivity contribution in [2.45, 2.75) is 0 Å². The number of ether oxygens (including phenoxy) is 1. The van der Waals surface area contributed by atoms with Crippen molar-refractivity contribution in [3.8, 4) is 0 Å². The third-order valence-electron chi connectivity index (χ3n) is 1.04. The van der Waals surface area contributed by atoms with Crippen LogP contribution in [0.3, 0.4) is 0 Å². The van der Waals surface area contributed by atoms with Gasteiger partial charge in [0.1, 0.15) is 6.61 Å². The molecule has 0 aliphatic heterocycles. The Bertz CT molecular complexity index is 192. The number of amides is 1. The molecule has 0 atom stereocenters. The van der Waals surface area contributed by atoms with E-state index in [4.69, 9.17) is 10.6 Å². The van der Waals surface area contributed by atoms with E-state index in [1.807, 2.05) is 0 Å². The zero-order valence-corrected chi connectivity index (χ0v) is 6.70. The molecular formula is C6H11N3O3. The van der Waals surface area contributed by atoms with Gasteiger partial charge < -0.3 is 4.74 Å². The molecule has 0 aromatic heterocycles. The van der Waals surface area contributed by atoms with E-state index < -0.39 is 12.1 Å². The summed E-state index contributed by atoms with van der Waals surface area (Å²) in [5, 5.41) is 15.2. The molecule has 68 valence electrons. The fourth-order valence-corrected chi connectivity index (χ4v) is 0.393. The van der Waals surface area contributed by atoms with Gasteiger partial charge in [0.25, 0.3) is 0 Å². The molecule has 12 heavy (non-hydrogen) atoms. The van der Waals surface area contributed by atoms with Crippen molar-refractivity contribution in [2.24, 2.45) is 0 Å². The third kappa shape index (κ3) is 3.02. The van der Waals surface area contributed by atoms with Crippen LogP contribution in [-0.4, -0.2) is 35.8 Å². The SMILES string of the molecule is C=CCOC(=O)N(C)C(=N)NO. The lowest BCUT2D eigenvalue weighted by atomic mass is 10.7. The minimum absolute atomic E-state index is 0.0713. The van der Waals surface area contributed by atoms with Crippen LogP contribution in [0.15, 0.2) is 12.7 Å². The molecule has 0 spiro atoms. The Balaban J connectivity index is 3.92. The van der Waals surface area contributed by atoms with Crippen LogP contribution in [0.5, 0.6) is 0 Å². The lowest BCUT2D eigenvalue weighted by Gasteiger charge is -2.15. The van der Waals surface area contributed by atoms with E-state index in [2.05, 4.69) is 11.3 Å². The Morgan fingerprint density at radius 2 is 2.50 bits per heavy atom. The number of hydrogen-bond donors (Lipinski definition) is 3. The van der Waals surface area contributed by atoms with Crippen molar-refractivity contribution in [1.82, 2.24) is 10.4 Å². The molecule has 1 amide bonds. The van der Waals surface area contributed by atoms with E-state index in [1.165, 1.54) is 18.6 Å². The van der Waals surface area contributed by atoms with E-state index in [1.54, 1.807) is 0 Å². The number of rotatable bonds is 2. The predicted molar refractivity (Wildman–Crippen MR) is 42.0 cm³/mol. The quantitative estimate of drug-likeness (QED) is 0.240. The van der Waals surface area contributed by atoms with E-state index in [0.29, 0.717) is 0 Å². The average molecular weight is 173 g/mol. The zero-order chi connectivity index (χ0) is 9.56. The number of guanidine groups is 1. The Morgan fingerprint density at radius 3 is 2.92 bits per heavy atom. The van der Waals surface area contributed by atoms with Gasteiger partial charge in [0.05, 0.1) is 0 Å². The largest absolute Gasteiger partial charge is 0.445 e. The molecule has 3 N–H and O–H groups in total. The summed E-state index contributed by atoms with van der Waals surface area (Å²) in [4.78, 5) is 11.7. The second-order valence-corrected chi connectivity index (χ2v) is 1.89. The van der Waals surface area contributed by atoms with Gasteiger partial charge in [-0.05, 0) is 0 Å². The van der Waals surface area contributed by atoms with Gasteiger partial charge in [0.2, 0.25) is 5.96 Å². The van der Waals surface area contributed by atoms with Gasteiger partial charge in [-0.25, -0.2) is 15.2 Å². The van der Waals surface area contributed by atoms with Crippen molar-refractivity contribution >= 4 is 12.1 Å². The molecule has 0 radical (unpaired) electrons. The van der Waals surface area contributed by atoms with Crippen LogP contribution in [0, 0.1) is 5.41 Å². The number of nitrogens with zero attached hydrogens (tertiary/aromatic N) is 1. The van der Waals surface area contributed by atoms with Gasteiger partial charge in [-0.2, -0.15) is 0 Å². The van der Waals surface area contributed by atoms with Gasteiger partial charge in [0, 0.05) is 7.05 Å². The van der Waals surface area contributed by atoms with Crippen molar-refractivity contribution in [3.05, 3.63) is 12.7 Å². The highest BCUT2D eigenvalue weighted by atomic mass is 16.6. The second kappa shape index (κ2) is 5.14. The standard InChI is InChI=1S/C6H11N3O3/c1-3-4-12-6(10)9(2)5(7)8-11/h3,11H,1,4H2,2H3,(H2,7,8). The summed E-state index contributed by atoms with van der Waals surface area (Å²) in [6.07, 6.45) is 0.670. The molecule has 0 aliphatic rings. The van der Waals surface area contributed by atoms with Crippen LogP contribution >= 0.6 is 0 Å². The smallest absolute Gasteiger partial charge is 0.416 e. The number of nitrogens with one attached hydrogen (secondary N) is 2. The molecule has 6 heteroatoms. The number of hydrogen-bond acceptors (Lipinski definition) is 4. The first-order chi connectivity index (χ1) is 5.63. The molecule has 0 unspecified atom stereocenters. The van der Waals surface area contributed by atoms with Gasteiger partial charge in [-0.1, -0.05) is 12.7 Å². The molecule has 0 bridgehead atoms. The van der Waals surface area contributed by atoms with Crippen molar-refractivity contribution < 1.29 is 14.7 Å². The van der Waals surface area contributed by atoms with Crippen LogP contribution < -0.4 is 5.48 Å². The lowest BCUT2D eigenvalue weighted by molar-refractivity contribution is 0.132. The summed E-state index contributed by atoms with van der Waals surface area (Å²) in [6.45, 7) is 3.41. The summed E-state index contributed by atoms with van der Waals surface area (Å²) in [7, 11) is 1.29. The Kier molecular flexibility index (Phi) is 4.47. The molecule has 0 aromatic rings. The number of hydroxylamine groups is 1. The molecule has 0 aliphatic carbocycles. The van der Waals surface area contributed by atoms with E-state index in [-0.39, 0.29) is 6.61 Å². The first-order valence-corrected chi connectivity index (χ1v) is 3.13. The fourth-order valence-electron chi connectivity index (χ4n) is 0.393. The molecule has 0 saturated heterocycles. The first kappa shape index (κ1) is 10.4. The average Bonchev–Trinajstić information content (AvgIpc) is 2.11. The van der Waals surface area contributed by atoms with Crippen LogP contribution in [0.4, 0.5) is 4.79 Å². The van der Waals surface area contributed by atoms with Gasteiger partial charge in [-0.3, -0.25) is 10.6 Å². The molecule has 0 aromatic carbocycles. The summed E-state index contributed by atoms with van der Waals surface area (Å²) < 4.78 is 4.55. The maximum atomic E-state index is 10.9. The van der Waals surface area contributed by atoms with Crippen LogP contribution in [0.2, 0.25) is 0 Å². The Labute approximate surface area is 69.9 Å². The van der Waals surface area contributed by atoms with Crippen molar-refractivity contribution in [1.29, 1.82) is 5.41 Å². The molecule has 6 nitrogen and oxygen atoms in total. The third-order valence-corrected chi connectivity index (χ3v) is 1.04. The molecule has 0 heterocycles. The number of carbonyl (C=O) groups is 1. The molecule has 0 fully saturated rings. The summed E-state index contributed by atoms with van der Waals surface area (Å²) >= 11 is 0. The number of carbonyl (C=O) groups excluding carboxylic acids is 1. The van der Waals surface area contributed by atoms with E-state index >= 15 is 0 Å². The Hall–Kier alpha value is -1.56. The van der Waals surface area contributed by atoms with Gasteiger partial charge in [-0.15, -0.1) is 0 Å². The van der Waals surface area contributed by atoms with Crippen LogP contribution in [0.1, 0.15) is 0 Å². The Morgan fingerprint density at radius 1 is 1.92 bits per heavy atom. The summed E-state index contributed by atoms with van der Waals surface area (Å²) in [5.74, 6) is -0.455. The fraction of sp³-hybridized carbons (Fsp3) is 0.333. The summed E-state index contributed by atoms with van der Waals surface area (Å²) in [5.41, 5.74) is 1.50. The maximum absolute atomic E-state index is 10.9. The second-order valence-electron chi connectivity index (χ2n) is 1.89. The summed E-state index contributed by atoms with van der Waals surface area (Å²) in [6, 6.07) is 0. The molecular weight excluding hydrogens is 162 g/mol. The van der Waals surface area contributed by atoms with Crippen molar-refractivity contribution in [2.75, 3.05) is 13.7 Å².